The largest absolute Gasteiger partial charge is 0.456 e. The van der Waals surface area contributed by atoms with Gasteiger partial charge in [-0.15, -0.1) is 4.40 Å². The van der Waals surface area contributed by atoms with Gasteiger partial charge in [0.1, 0.15) is 11.3 Å². The fraction of sp³-hybridized carbons (Fsp3) is 0.133. The van der Waals surface area contributed by atoms with Crippen molar-refractivity contribution in [1.82, 2.24) is 4.90 Å². The van der Waals surface area contributed by atoms with Crippen molar-refractivity contribution in [3.05, 3.63) is 54.4 Å². The number of sulfonamides is 1. The van der Waals surface area contributed by atoms with Crippen LogP contribution >= 0.6 is 0 Å². The van der Waals surface area contributed by atoms with Crippen LogP contribution in [0.5, 0.6) is 0 Å². The van der Waals surface area contributed by atoms with Gasteiger partial charge < -0.3 is 9.32 Å². The van der Waals surface area contributed by atoms with Crippen molar-refractivity contribution in [2.24, 2.45) is 4.40 Å². The lowest BCUT2D eigenvalue weighted by atomic mass is 10.1. The number of furan rings is 1. The van der Waals surface area contributed by atoms with Crippen LogP contribution in [0.15, 0.2) is 57.5 Å². The molecule has 0 saturated heterocycles. The lowest BCUT2D eigenvalue weighted by Crippen LogP contribution is -2.37. The minimum Gasteiger partial charge on any atom is -0.456 e. The van der Waals surface area contributed by atoms with Crippen LogP contribution in [0.2, 0.25) is 0 Å². The van der Waals surface area contributed by atoms with E-state index in [-0.39, 0.29) is 5.75 Å². The van der Waals surface area contributed by atoms with Crippen LogP contribution in [0.1, 0.15) is 5.76 Å². The highest BCUT2D eigenvalue weighted by atomic mass is 32.2. The zero-order valence-corrected chi connectivity index (χ0v) is 11.9. The predicted octanol–water partition coefficient (Wildman–Crippen LogP) is 2.39. The monoisotopic (exact) mass is 300 g/mol. The molecule has 2 aliphatic heterocycles. The Morgan fingerprint density at radius 3 is 2.95 bits per heavy atom. The second-order valence-electron chi connectivity index (χ2n) is 4.96. The van der Waals surface area contributed by atoms with E-state index in [0.717, 1.165) is 11.0 Å². The van der Waals surface area contributed by atoms with E-state index in [1.165, 1.54) is 0 Å². The molecule has 2 aliphatic rings. The fourth-order valence-corrected chi connectivity index (χ4v) is 3.51. The van der Waals surface area contributed by atoms with Crippen LogP contribution in [0.4, 0.5) is 0 Å². The first-order valence-corrected chi connectivity index (χ1v) is 8.20. The molecule has 0 saturated carbocycles. The molecule has 5 nitrogen and oxygen atoms in total. The normalized spacial score (nSPS) is 20.1. The molecular weight excluding hydrogens is 288 g/mol. The maximum Gasteiger partial charge on any atom is 0.256 e. The van der Waals surface area contributed by atoms with Crippen LogP contribution in [0.25, 0.3) is 16.5 Å². The first-order chi connectivity index (χ1) is 10.1. The zero-order valence-electron chi connectivity index (χ0n) is 11.1. The number of allylic oxidation sites excluding steroid dienone is 2. The fourth-order valence-electron chi connectivity index (χ4n) is 2.52. The van der Waals surface area contributed by atoms with Gasteiger partial charge in [-0.1, -0.05) is 18.2 Å². The molecule has 0 atom stereocenters. The topological polar surface area (TPSA) is 62.9 Å². The van der Waals surface area contributed by atoms with Crippen molar-refractivity contribution in [3.63, 3.8) is 0 Å². The SMILES string of the molecule is O=S1(=O)CCN2C=CC=C(c3cc4ccccc4o3)C2=N1. The predicted molar refractivity (Wildman–Crippen MR) is 81.3 cm³/mol. The van der Waals surface area contributed by atoms with E-state index >= 15 is 0 Å². The average Bonchev–Trinajstić information content (AvgIpc) is 2.89. The highest BCUT2D eigenvalue weighted by Gasteiger charge is 2.28. The summed E-state index contributed by atoms with van der Waals surface area (Å²) in [5.74, 6) is 1.10. The van der Waals surface area contributed by atoms with Gasteiger partial charge in [-0.25, -0.2) is 8.42 Å². The smallest absolute Gasteiger partial charge is 0.256 e. The Labute approximate surface area is 121 Å². The molecule has 106 valence electrons. The van der Waals surface area contributed by atoms with Gasteiger partial charge in [0.05, 0.1) is 11.3 Å². The van der Waals surface area contributed by atoms with E-state index in [2.05, 4.69) is 4.40 Å². The summed E-state index contributed by atoms with van der Waals surface area (Å²) in [5, 5.41) is 0.980. The van der Waals surface area contributed by atoms with Crippen molar-refractivity contribution >= 4 is 32.4 Å². The lowest BCUT2D eigenvalue weighted by Gasteiger charge is -2.28. The minimum atomic E-state index is -3.39. The number of para-hydroxylation sites is 1. The lowest BCUT2D eigenvalue weighted by molar-refractivity contribution is 0.547. The Balaban J connectivity index is 1.88. The number of hydrogen-bond donors (Lipinski definition) is 0. The highest BCUT2D eigenvalue weighted by molar-refractivity contribution is 7.90. The third-order valence-electron chi connectivity index (χ3n) is 3.55. The van der Waals surface area contributed by atoms with Crippen LogP contribution in [0.3, 0.4) is 0 Å². The molecule has 0 fully saturated rings. The van der Waals surface area contributed by atoms with E-state index in [4.69, 9.17) is 4.42 Å². The number of amidine groups is 1. The van der Waals surface area contributed by atoms with E-state index in [1.54, 1.807) is 0 Å². The van der Waals surface area contributed by atoms with E-state index < -0.39 is 10.0 Å². The number of hydrogen-bond acceptors (Lipinski definition) is 4. The number of fused-ring (bicyclic) bond motifs is 2. The summed E-state index contributed by atoms with van der Waals surface area (Å²) in [5.41, 5.74) is 1.46. The second kappa shape index (κ2) is 4.33. The summed E-state index contributed by atoms with van der Waals surface area (Å²) in [6.07, 6.45) is 5.53. The number of nitrogens with zero attached hydrogens (tertiary/aromatic N) is 2. The van der Waals surface area contributed by atoms with Gasteiger partial charge in [-0.05, 0) is 24.3 Å². The molecule has 0 radical (unpaired) electrons. The highest BCUT2D eigenvalue weighted by Crippen LogP contribution is 2.29. The third kappa shape index (κ3) is 2.08. The maximum atomic E-state index is 11.8. The minimum absolute atomic E-state index is 0.0360. The van der Waals surface area contributed by atoms with Crippen molar-refractivity contribution < 1.29 is 12.8 Å². The maximum absolute atomic E-state index is 11.8. The average molecular weight is 300 g/mol. The molecular formula is C15H12N2O3S. The molecule has 4 rings (SSSR count). The molecule has 2 aromatic rings. The molecule has 6 heteroatoms. The number of benzene rings is 1. The third-order valence-corrected chi connectivity index (χ3v) is 4.70. The molecule has 0 amide bonds. The molecule has 3 heterocycles. The van der Waals surface area contributed by atoms with Crippen molar-refractivity contribution in [3.8, 4) is 0 Å². The molecule has 21 heavy (non-hydrogen) atoms. The van der Waals surface area contributed by atoms with Gasteiger partial charge in [0.15, 0.2) is 5.84 Å². The van der Waals surface area contributed by atoms with Gasteiger partial charge in [0, 0.05) is 18.1 Å². The van der Waals surface area contributed by atoms with Gasteiger partial charge >= 0.3 is 0 Å². The van der Waals surface area contributed by atoms with Gasteiger partial charge in [0.2, 0.25) is 0 Å². The molecule has 1 aromatic carbocycles. The Bertz CT molecular complexity index is 886. The van der Waals surface area contributed by atoms with Crippen molar-refractivity contribution in [2.45, 2.75) is 0 Å². The van der Waals surface area contributed by atoms with E-state index in [9.17, 15) is 8.42 Å². The van der Waals surface area contributed by atoms with E-state index in [1.807, 2.05) is 53.6 Å². The summed E-state index contributed by atoms with van der Waals surface area (Å²) in [6.45, 7) is 0.412. The summed E-state index contributed by atoms with van der Waals surface area (Å²) >= 11 is 0. The Morgan fingerprint density at radius 2 is 2.10 bits per heavy atom. The van der Waals surface area contributed by atoms with Crippen molar-refractivity contribution in [2.75, 3.05) is 12.3 Å². The molecule has 1 aromatic heterocycles. The summed E-state index contributed by atoms with van der Waals surface area (Å²) in [4.78, 5) is 1.84. The van der Waals surface area contributed by atoms with E-state index in [0.29, 0.717) is 23.7 Å². The summed E-state index contributed by atoms with van der Waals surface area (Å²) < 4.78 is 33.2. The standard InChI is InChI=1S/C15H12N2O3S/c18-21(19)9-8-17-7-3-5-12(15(17)16-21)14-10-11-4-1-2-6-13(11)20-14/h1-7,10H,8-9H2. The van der Waals surface area contributed by atoms with Crippen LogP contribution in [-0.2, 0) is 10.0 Å². The molecule has 0 bridgehead atoms. The second-order valence-corrected chi connectivity index (χ2v) is 6.72. The molecule has 0 spiro atoms. The van der Waals surface area contributed by atoms with Crippen LogP contribution in [-0.4, -0.2) is 31.5 Å². The summed E-state index contributed by atoms with van der Waals surface area (Å²) in [6, 6.07) is 9.58. The quantitative estimate of drug-likeness (QED) is 0.811. The molecule has 0 N–H and O–H groups in total. The van der Waals surface area contributed by atoms with Gasteiger partial charge in [0.25, 0.3) is 10.0 Å². The molecule has 0 aliphatic carbocycles. The van der Waals surface area contributed by atoms with Gasteiger partial charge in [-0.3, -0.25) is 0 Å². The Hall–Kier alpha value is -2.34. The van der Waals surface area contributed by atoms with Crippen LogP contribution < -0.4 is 0 Å². The Morgan fingerprint density at radius 1 is 1.24 bits per heavy atom. The summed E-state index contributed by atoms with van der Waals surface area (Å²) in [7, 11) is -3.39. The van der Waals surface area contributed by atoms with Crippen LogP contribution in [0, 0.1) is 0 Å². The zero-order chi connectivity index (χ0) is 14.4. The van der Waals surface area contributed by atoms with Crippen molar-refractivity contribution in [1.29, 1.82) is 0 Å². The first-order valence-electron chi connectivity index (χ1n) is 6.59. The Kier molecular flexibility index (Phi) is 2.56. The van der Waals surface area contributed by atoms with Gasteiger partial charge in [-0.2, -0.15) is 0 Å². The molecule has 0 unspecified atom stereocenters. The first kappa shape index (κ1) is 12.4. The number of rotatable bonds is 1.